The van der Waals surface area contributed by atoms with Crippen LogP contribution in [0.5, 0.6) is 0 Å². The molecule has 0 aromatic carbocycles. The summed E-state index contributed by atoms with van der Waals surface area (Å²) in [5.74, 6) is -2.72. The van der Waals surface area contributed by atoms with Crippen molar-refractivity contribution in [3.63, 3.8) is 0 Å². The fourth-order valence-electron chi connectivity index (χ4n) is 7.85. The predicted octanol–water partition coefficient (Wildman–Crippen LogP) is 3.30. The van der Waals surface area contributed by atoms with E-state index < -0.39 is 66.2 Å². The molecule has 12 atom stereocenters. The maximum absolute atomic E-state index is 13.3. The fourth-order valence-corrected chi connectivity index (χ4v) is 7.85. The van der Waals surface area contributed by atoms with Gasteiger partial charge in [-0.15, -0.1) is 0 Å². The maximum Gasteiger partial charge on any atom is 0.407 e. The summed E-state index contributed by atoms with van der Waals surface area (Å²) in [4.78, 5) is 42.6. The lowest BCUT2D eigenvalue weighted by atomic mass is 9.57. The summed E-state index contributed by atoms with van der Waals surface area (Å²) in [6.45, 7) is 7.40. The highest BCUT2D eigenvalue weighted by molar-refractivity contribution is 5.87. The fraction of sp³-hybridized carbons (Fsp3) is 0.656. The quantitative estimate of drug-likeness (QED) is 0.255. The third kappa shape index (κ3) is 5.19. The van der Waals surface area contributed by atoms with Crippen LogP contribution in [0, 0.1) is 29.6 Å². The minimum atomic E-state index is -0.998. The first-order chi connectivity index (χ1) is 20.5. The number of carbonyl (C=O) groups is 3. The number of H-pyrrole nitrogens is 1. The van der Waals surface area contributed by atoms with Crippen LogP contribution >= 0.6 is 0 Å². The molecule has 4 bridgehead atoms. The number of rotatable bonds is 6. The number of amides is 1. The summed E-state index contributed by atoms with van der Waals surface area (Å²) in [6.07, 6.45) is 4.79. The SMILES string of the molecule is CO[C@H]1CC2C=C[C@H]3[C@H]4O[C@]2(/C(C)=C/[C@@H](C)[C@@H]([C@@H](C)O)OC1=O)[C@@H]3[C@H](OC(=O)NC1CC1)[C@@H](C)[C@H]4OC(=O)c1ccc[nH]1. The Balaban J connectivity index is 1.44. The smallest absolute Gasteiger partial charge is 0.407 e. The van der Waals surface area contributed by atoms with Gasteiger partial charge in [0.1, 0.15) is 35.7 Å². The Hall–Kier alpha value is -3.15. The summed E-state index contributed by atoms with van der Waals surface area (Å²) in [5.41, 5.74) is 0.201. The van der Waals surface area contributed by atoms with Crippen molar-refractivity contribution in [3.8, 4) is 0 Å². The molecule has 1 aromatic rings. The van der Waals surface area contributed by atoms with Crippen molar-refractivity contribution < 1.29 is 43.2 Å². The number of hydrogen-bond acceptors (Lipinski definition) is 9. The van der Waals surface area contributed by atoms with Gasteiger partial charge in [-0.3, -0.25) is 0 Å². The summed E-state index contributed by atoms with van der Waals surface area (Å²) in [6, 6.07) is 3.48. The molecule has 1 spiro atoms. The Morgan fingerprint density at radius 2 is 1.95 bits per heavy atom. The molecule has 1 amide bonds. The number of methoxy groups -OCH3 is 1. The highest BCUT2D eigenvalue weighted by Gasteiger charge is 2.70. The number of ether oxygens (including phenoxy) is 5. The van der Waals surface area contributed by atoms with Crippen molar-refractivity contribution >= 4 is 18.0 Å². The summed E-state index contributed by atoms with van der Waals surface area (Å²) in [5, 5.41) is 13.5. The van der Waals surface area contributed by atoms with E-state index in [-0.39, 0.29) is 36.1 Å². The van der Waals surface area contributed by atoms with Crippen molar-refractivity contribution in [1.82, 2.24) is 10.3 Å². The van der Waals surface area contributed by atoms with Gasteiger partial charge < -0.3 is 39.1 Å². The zero-order valence-electron chi connectivity index (χ0n) is 25.2. The molecule has 3 fully saturated rings. The van der Waals surface area contributed by atoms with Crippen LogP contribution in [0.2, 0.25) is 0 Å². The molecule has 1 aromatic heterocycles. The number of esters is 2. The molecule has 5 aliphatic rings. The molecule has 11 heteroatoms. The first-order valence-electron chi connectivity index (χ1n) is 15.3. The highest BCUT2D eigenvalue weighted by atomic mass is 16.6. The van der Waals surface area contributed by atoms with Crippen molar-refractivity contribution in [2.75, 3.05) is 7.11 Å². The molecule has 6 rings (SSSR count). The van der Waals surface area contributed by atoms with E-state index in [0.29, 0.717) is 5.69 Å². The average Bonchev–Trinajstić information content (AvgIpc) is 3.54. The van der Waals surface area contributed by atoms with Crippen LogP contribution in [-0.4, -0.2) is 83.5 Å². The lowest BCUT2D eigenvalue weighted by molar-refractivity contribution is -0.172. The van der Waals surface area contributed by atoms with E-state index >= 15 is 0 Å². The van der Waals surface area contributed by atoms with Crippen LogP contribution in [-0.2, 0) is 28.5 Å². The highest BCUT2D eigenvalue weighted by Crippen LogP contribution is 2.61. The number of aliphatic hydroxyl groups is 1. The number of aliphatic hydroxyl groups excluding tert-OH is 1. The normalized spacial score (nSPS) is 42.1. The molecule has 2 aliphatic heterocycles. The van der Waals surface area contributed by atoms with Crippen LogP contribution in [0.25, 0.3) is 0 Å². The topological polar surface area (TPSA) is 145 Å². The molecule has 0 radical (unpaired) electrons. The molecule has 43 heavy (non-hydrogen) atoms. The number of cyclic esters (lactones) is 1. The van der Waals surface area contributed by atoms with Crippen molar-refractivity contribution in [3.05, 3.63) is 47.8 Å². The molecule has 1 unspecified atom stereocenters. The van der Waals surface area contributed by atoms with Gasteiger partial charge in [0.15, 0.2) is 6.10 Å². The molecule has 234 valence electrons. The van der Waals surface area contributed by atoms with E-state index in [1.54, 1.807) is 25.3 Å². The maximum atomic E-state index is 13.3. The zero-order chi connectivity index (χ0) is 30.6. The third-order valence-corrected chi connectivity index (χ3v) is 10.0. The van der Waals surface area contributed by atoms with Gasteiger partial charge >= 0.3 is 18.0 Å². The van der Waals surface area contributed by atoms with E-state index in [1.807, 2.05) is 26.8 Å². The second-order valence-corrected chi connectivity index (χ2v) is 12.9. The molecular weight excluding hydrogens is 556 g/mol. The summed E-state index contributed by atoms with van der Waals surface area (Å²) in [7, 11) is 1.46. The van der Waals surface area contributed by atoms with Crippen LogP contribution < -0.4 is 5.32 Å². The average molecular weight is 599 g/mol. The Morgan fingerprint density at radius 3 is 2.60 bits per heavy atom. The molecule has 3 aliphatic carbocycles. The molecule has 3 N–H and O–H groups in total. The van der Waals surface area contributed by atoms with Crippen LogP contribution in [0.1, 0.15) is 57.4 Å². The van der Waals surface area contributed by atoms with Crippen molar-refractivity contribution in [2.45, 2.75) is 95.2 Å². The molecule has 2 saturated carbocycles. The van der Waals surface area contributed by atoms with Gasteiger partial charge in [-0.2, -0.15) is 0 Å². The van der Waals surface area contributed by atoms with Crippen molar-refractivity contribution in [2.24, 2.45) is 29.6 Å². The van der Waals surface area contributed by atoms with Gasteiger partial charge in [0.2, 0.25) is 0 Å². The number of carbonyl (C=O) groups excluding carboxylic acids is 3. The van der Waals surface area contributed by atoms with E-state index in [1.165, 1.54) is 7.11 Å². The van der Waals surface area contributed by atoms with Crippen molar-refractivity contribution in [1.29, 1.82) is 0 Å². The van der Waals surface area contributed by atoms with Gasteiger partial charge in [0.25, 0.3) is 0 Å². The molecular formula is C32H42N2O9. The third-order valence-electron chi connectivity index (χ3n) is 10.0. The van der Waals surface area contributed by atoms with Gasteiger partial charge in [-0.05, 0) is 50.8 Å². The number of alkyl carbamates (subject to hydrolysis) is 1. The summed E-state index contributed by atoms with van der Waals surface area (Å²) < 4.78 is 30.9. The van der Waals surface area contributed by atoms with Gasteiger partial charge in [0, 0.05) is 48.9 Å². The Kier molecular flexibility index (Phi) is 7.93. The van der Waals surface area contributed by atoms with E-state index in [0.717, 1.165) is 18.4 Å². The second kappa shape index (κ2) is 11.4. The van der Waals surface area contributed by atoms with Gasteiger partial charge in [-0.25, -0.2) is 14.4 Å². The van der Waals surface area contributed by atoms with Gasteiger partial charge in [-0.1, -0.05) is 32.1 Å². The minimum Gasteiger partial charge on any atom is -0.457 e. The standard InChI is InChI=1S/C32H42N2O9/c1-15-13-16(2)32-19(14-23(39-5)30(37)40-25(15)18(4)35)8-11-21-24(32)26(42-31(38)34-20-9-10-20)17(3)27(28(21)43-32)41-29(36)22-7-6-12-33-22/h6-8,11-13,15,17-21,23-28,33,35H,9-10,14H2,1-5H3,(H,34,38)/b16-13+/t15-,17-,18-,19?,21-,23+,24+,25+,26-,27-,28-,32+/m1/s1. The molecule has 11 nitrogen and oxygen atoms in total. The van der Waals surface area contributed by atoms with Gasteiger partial charge in [0.05, 0.1) is 6.10 Å². The molecule has 1 saturated heterocycles. The zero-order valence-corrected chi connectivity index (χ0v) is 25.2. The Bertz CT molecular complexity index is 1290. The summed E-state index contributed by atoms with van der Waals surface area (Å²) >= 11 is 0. The number of aromatic amines is 1. The lowest BCUT2D eigenvalue weighted by Crippen LogP contribution is -2.58. The van der Waals surface area contributed by atoms with E-state index in [4.69, 9.17) is 23.7 Å². The second-order valence-electron chi connectivity index (χ2n) is 12.9. The number of nitrogens with one attached hydrogen (secondary N) is 2. The Morgan fingerprint density at radius 1 is 1.19 bits per heavy atom. The largest absolute Gasteiger partial charge is 0.457 e. The number of aromatic nitrogens is 1. The number of hydrogen-bond donors (Lipinski definition) is 3. The van der Waals surface area contributed by atoms with Crippen LogP contribution in [0.4, 0.5) is 4.79 Å². The van der Waals surface area contributed by atoms with E-state index in [9.17, 15) is 19.5 Å². The minimum absolute atomic E-state index is 0.104. The first-order valence-corrected chi connectivity index (χ1v) is 15.3. The molecule has 3 heterocycles. The first kappa shape index (κ1) is 29.9. The lowest BCUT2D eigenvalue weighted by Gasteiger charge is -2.49. The Labute approximate surface area is 251 Å². The van der Waals surface area contributed by atoms with E-state index in [2.05, 4.69) is 22.5 Å². The monoisotopic (exact) mass is 598 g/mol. The van der Waals surface area contributed by atoms with Crippen LogP contribution in [0.3, 0.4) is 0 Å². The predicted molar refractivity (Wildman–Crippen MR) is 153 cm³/mol. The van der Waals surface area contributed by atoms with Crippen LogP contribution in [0.15, 0.2) is 42.1 Å².